The standard InChI is InChI=1S/C23H35N5O2/c1-15(2)21(29)22(30)26-9-7-17(8-10-26)18-11-24-23(25-12-18)28-19-5-6-20(28)14-27(13-19)16(3)4/h11-12,15-17,19-20H,5-10,13-14H2,1-4H3. The van der Waals surface area contributed by atoms with Gasteiger partial charge in [0, 0.05) is 62.6 Å². The normalized spacial score (nSPS) is 25.4. The average molecular weight is 414 g/mol. The van der Waals surface area contributed by atoms with Gasteiger partial charge in [-0.25, -0.2) is 9.97 Å². The van der Waals surface area contributed by atoms with E-state index in [2.05, 4.69) is 23.6 Å². The molecule has 0 N–H and O–H groups in total. The molecular weight excluding hydrogens is 378 g/mol. The fourth-order valence-electron chi connectivity index (χ4n) is 5.18. The fraction of sp³-hybridized carbons (Fsp3) is 0.739. The maximum atomic E-state index is 12.3. The molecule has 3 aliphatic rings. The van der Waals surface area contributed by atoms with Crippen LogP contribution in [0.15, 0.2) is 12.4 Å². The number of rotatable bonds is 5. The first-order valence-electron chi connectivity index (χ1n) is 11.5. The monoisotopic (exact) mass is 413 g/mol. The lowest BCUT2D eigenvalue weighted by atomic mass is 9.91. The largest absolute Gasteiger partial charge is 0.336 e. The summed E-state index contributed by atoms with van der Waals surface area (Å²) in [7, 11) is 0. The van der Waals surface area contributed by atoms with Crippen LogP contribution in [0.3, 0.4) is 0 Å². The van der Waals surface area contributed by atoms with E-state index in [0.29, 0.717) is 37.1 Å². The fourth-order valence-corrected chi connectivity index (χ4v) is 5.18. The van der Waals surface area contributed by atoms with Gasteiger partial charge in [0.15, 0.2) is 0 Å². The number of aromatic nitrogens is 2. The zero-order chi connectivity index (χ0) is 21.4. The van der Waals surface area contributed by atoms with Crippen molar-refractivity contribution in [1.82, 2.24) is 19.8 Å². The number of likely N-dealkylation sites (tertiary alicyclic amines) is 2. The Balaban J connectivity index is 1.36. The Morgan fingerprint density at radius 3 is 2.00 bits per heavy atom. The molecule has 0 radical (unpaired) electrons. The second kappa shape index (κ2) is 8.61. The highest BCUT2D eigenvalue weighted by Gasteiger charge is 2.41. The van der Waals surface area contributed by atoms with Gasteiger partial charge in [0.1, 0.15) is 0 Å². The topological polar surface area (TPSA) is 69.6 Å². The number of piperazine rings is 1. The molecule has 0 aromatic carbocycles. The zero-order valence-corrected chi connectivity index (χ0v) is 18.8. The summed E-state index contributed by atoms with van der Waals surface area (Å²) in [5.41, 5.74) is 1.15. The second-order valence-electron chi connectivity index (χ2n) is 9.74. The summed E-state index contributed by atoms with van der Waals surface area (Å²) in [5, 5.41) is 0. The van der Waals surface area contributed by atoms with Gasteiger partial charge in [0.2, 0.25) is 11.7 Å². The van der Waals surface area contributed by atoms with Crippen molar-refractivity contribution in [2.24, 2.45) is 5.92 Å². The Kier molecular flexibility index (Phi) is 6.09. The minimum atomic E-state index is -0.328. The number of carbonyl (C=O) groups excluding carboxylic acids is 2. The first-order chi connectivity index (χ1) is 14.3. The van der Waals surface area contributed by atoms with Crippen LogP contribution in [0.2, 0.25) is 0 Å². The molecule has 0 saturated carbocycles. The van der Waals surface area contributed by atoms with E-state index in [1.165, 1.54) is 12.8 Å². The third kappa shape index (κ3) is 4.09. The molecule has 4 rings (SSSR count). The van der Waals surface area contributed by atoms with Gasteiger partial charge in [-0.05, 0) is 51.0 Å². The van der Waals surface area contributed by atoms with Gasteiger partial charge in [0.25, 0.3) is 5.91 Å². The number of fused-ring (bicyclic) bond motifs is 2. The molecule has 2 unspecified atom stereocenters. The van der Waals surface area contributed by atoms with E-state index in [1.54, 1.807) is 18.7 Å². The van der Waals surface area contributed by atoms with Crippen molar-refractivity contribution in [3.8, 4) is 0 Å². The van der Waals surface area contributed by atoms with Crippen LogP contribution < -0.4 is 4.90 Å². The van der Waals surface area contributed by atoms with Crippen LogP contribution in [0.5, 0.6) is 0 Å². The summed E-state index contributed by atoms with van der Waals surface area (Å²) >= 11 is 0. The Hall–Kier alpha value is -2.02. The maximum absolute atomic E-state index is 12.3. The van der Waals surface area contributed by atoms with Crippen LogP contribution >= 0.6 is 0 Å². The molecule has 7 heteroatoms. The van der Waals surface area contributed by atoms with Crippen molar-refractivity contribution in [2.45, 2.75) is 77.4 Å². The third-order valence-electron chi connectivity index (χ3n) is 7.12. The second-order valence-corrected chi connectivity index (χ2v) is 9.74. The Labute approximate surface area is 179 Å². The Morgan fingerprint density at radius 2 is 1.50 bits per heavy atom. The molecular formula is C23H35N5O2. The lowest BCUT2D eigenvalue weighted by Crippen LogP contribution is -2.56. The first kappa shape index (κ1) is 21.2. The van der Waals surface area contributed by atoms with Crippen LogP contribution in [-0.2, 0) is 9.59 Å². The number of amides is 1. The van der Waals surface area contributed by atoms with E-state index in [0.717, 1.165) is 37.4 Å². The lowest BCUT2D eigenvalue weighted by Gasteiger charge is -2.42. The molecule has 0 spiro atoms. The summed E-state index contributed by atoms with van der Waals surface area (Å²) in [6.07, 6.45) is 8.13. The van der Waals surface area contributed by atoms with Crippen LogP contribution in [0.4, 0.5) is 5.95 Å². The minimum absolute atomic E-state index is 0.242. The van der Waals surface area contributed by atoms with Crippen molar-refractivity contribution in [3.05, 3.63) is 18.0 Å². The van der Waals surface area contributed by atoms with E-state index in [1.807, 2.05) is 12.4 Å². The van der Waals surface area contributed by atoms with E-state index >= 15 is 0 Å². The summed E-state index contributed by atoms with van der Waals surface area (Å²) in [6.45, 7) is 11.6. The molecule has 1 amide bonds. The molecule has 3 aliphatic heterocycles. The van der Waals surface area contributed by atoms with Gasteiger partial charge >= 0.3 is 0 Å². The zero-order valence-electron chi connectivity index (χ0n) is 18.8. The van der Waals surface area contributed by atoms with Crippen molar-refractivity contribution in [2.75, 3.05) is 31.1 Å². The number of ketones is 1. The van der Waals surface area contributed by atoms with Crippen molar-refractivity contribution < 1.29 is 9.59 Å². The predicted molar refractivity (Wildman–Crippen MR) is 116 cm³/mol. The highest BCUT2D eigenvalue weighted by molar-refractivity contribution is 6.36. The number of piperidine rings is 1. The van der Waals surface area contributed by atoms with Gasteiger partial charge in [-0.2, -0.15) is 0 Å². The summed E-state index contributed by atoms with van der Waals surface area (Å²) < 4.78 is 0. The molecule has 1 aromatic rings. The van der Waals surface area contributed by atoms with Gasteiger partial charge in [-0.3, -0.25) is 14.5 Å². The summed E-state index contributed by atoms with van der Waals surface area (Å²) in [6, 6.07) is 1.63. The average Bonchev–Trinajstić information content (AvgIpc) is 3.01. The molecule has 2 bridgehead atoms. The molecule has 4 heterocycles. The maximum Gasteiger partial charge on any atom is 0.290 e. The van der Waals surface area contributed by atoms with E-state index in [9.17, 15) is 9.59 Å². The van der Waals surface area contributed by atoms with E-state index in [-0.39, 0.29) is 17.6 Å². The highest BCUT2D eigenvalue weighted by Crippen LogP contribution is 2.34. The Bertz CT molecular complexity index is 756. The molecule has 1 aromatic heterocycles. The smallest absolute Gasteiger partial charge is 0.290 e. The van der Waals surface area contributed by atoms with Gasteiger partial charge in [0.05, 0.1) is 0 Å². The summed E-state index contributed by atoms with van der Waals surface area (Å²) in [5.74, 6) is 0.366. The number of anilines is 1. The van der Waals surface area contributed by atoms with Crippen LogP contribution in [0, 0.1) is 5.92 Å². The number of Topliss-reactive ketones (excluding diaryl/α,β-unsaturated/α-hetero) is 1. The number of hydrogen-bond acceptors (Lipinski definition) is 6. The van der Waals surface area contributed by atoms with Crippen molar-refractivity contribution in [1.29, 1.82) is 0 Å². The van der Waals surface area contributed by atoms with Crippen LogP contribution in [0.1, 0.15) is 64.9 Å². The first-order valence-corrected chi connectivity index (χ1v) is 11.5. The minimum Gasteiger partial charge on any atom is -0.336 e. The summed E-state index contributed by atoms with van der Waals surface area (Å²) in [4.78, 5) is 40.5. The van der Waals surface area contributed by atoms with E-state index in [4.69, 9.17) is 9.97 Å². The number of carbonyl (C=O) groups is 2. The van der Waals surface area contributed by atoms with Gasteiger partial charge in [-0.15, -0.1) is 0 Å². The van der Waals surface area contributed by atoms with Crippen molar-refractivity contribution >= 4 is 17.6 Å². The third-order valence-corrected chi connectivity index (χ3v) is 7.12. The molecule has 164 valence electrons. The lowest BCUT2D eigenvalue weighted by molar-refractivity contribution is -0.146. The molecule has 0 aliphatic carbocycles. The quantitative estimate of drug-likeness (QED) is 0.691. The van der Waals surface area contributed by atoms with Gasteiger partial charge < -0.3 is 9.80 Å². The van der Waals surface area contributed by atoms with Crippen LogP contribution in [0.25, 0.3) is 0 Å². The highest BCUT2D eigenvalue weighted by atomic mass is 16.2. The van der Waals surface area contributed by atoms with Crippen molar-refractivity contribution in [3.63, 3.8) is 0 Å². The molecule has 7 nitrogen and oxygen atoms in total. The van der Waals surface area contributed by atoms with Gasteiger partial charge in [-0.1, -0.05) is 13.8 Å². The molecule has 2 atom stereocenters. The van der Waals surface area contributed by atoms with E-state index < -0.39 is 0 Å². The Morgan fingerprint density at radius 1 is 0.933 bits per heavy atom. The number of hydrogen-bond donors (Lipinski definition) is 0. The SMILES string of the molecule is CC(C)C(=O)C(=O)N1CCC(c2cnc(N3C4CCC3CN(C(C)C)C4)nc2)CC1. The molecule has 3 saturated heterocycles. The molecule has 30 heavy (non-hydrogen) atoms. The number of nitrogens with zero attached hydrogens (tertiary/aromatic N) is 5. The molecule has 3 fully saturated rings. The van der Waals surface area contributed by atoms with Crippen LogP contribution in [-0.4, -0.2) is 75.8 Å². The predicted octanol–water partition coefficient (Wildman–Crippen LogP) is 2.47.